The van der Waals surface area contributed by atoms with E-state index < -0.39 is 5.97 Å². The van der Waals surface area contributed by atoms with Crippen molar-refractivity contribution in [2.24, 2.45) is 63.6 Å². The van der Waals surface area contributed by atoms with Crippen molar-refractivity contribution in [3.63, 3.8) is 0 Å². The number of rotatable bonds is 7. The van der Waals surface area contributed by atoms with E-state index in [9.17, 15) is 14.7 Å². The number of hydrogen-bond donors (Lipinski definition) is 1. The number of allylic oxidation sites excluding steroid dienone is 1. The first kappa shape index (κ1) is 27.7. The summed E-state index contributed by atoms with van der Waals surface area (Å²) in [6.45, 7) is 18.2. The average Bonchev–Trinajstić information content (AvgIpc) is 3.15. The number of carboxylic acid groups (broad SMARTS) is 1. The molecule has 0 bridgehead atoms. The highest BCUT2D eigenvalue weighted by Crippen LogP contribution is 2.71. The molecular formula is C32H52O4. The second kappa shape index (κ2) is 9.77. The van der Waals surface area contributed by atoms with E-state index in [2.05, 4.69) is 48.1 Å². The molecule has 4 aliphatic carbocycles. The van der Waals surface area contributed by atoms with Gasteiger partial charge in [-0.1, -0.05) is 53.7 Å². The van der Waals surface area contributed by atoms with Crippen molar-refractivity contribution in [1.29, 1.82) is 0 Å². The summed E-state index contributed by atoms with van der Waals surface area (Å²) in [5, 5.41) is 10.3. The van der Waals surface area contributed by atoms with Crippen LogP contribution in [0.1, 0.15) is 106 Å². The fraction of sp³-hybridized carbons (Fsp3) is 0.875. The number of fused-ring (bicyclic) bond motifs is 5. The zero-order valence-electron chi connectivity index (χ0n) is 24.1. The minimum absolute atomic E-state index is 0.00115. The summed E-state index contributed by atoms with van der Waals surface area (Å²) in [5.74, 6) is 2.37. The Morgan fingerprint density at radius 3 is 2.19 bits per heavy atom. The summed E-state index contributed by atoms with van der Waals surface area (Å²) < 4.78 is 5.22. The van der Waals surface area contributed by atoms with Gasteiger partial charge in [-0.3, -0.25) is 9.59 Å². The van der Waals surface area contributed by atoms with Gasteiger partial charge in [0.25, 0.3) is 0 Å². The van der Waals surface area contributed by atoms with Crippen LogP contribution < -0.4 is 0 Å². The van der Waals surface area contributed by atoms with Gasteiger partial charge in [0.15, 0.2) is 0 Å². The Bertz CT molecular complexity index is 873. The van der Waals surface area contributed by atoms with Crippen LogP contribution in [0.25, 0.3) is 0 Å². The number of carbonyl (C=O) groups is 2. The summed E-state index contributed by atoms with van der Waals surface area (Å²) in [7, 11) is 1.53. The van der Waals surface area contributed by atoms with Crippen molar-refractivity contribution in [3.8, 4) is 0 Å². The van der Waals surface area contributed by atoms with Gasteiger partial charge in [-0.05, 0) is 116 Å². The lowest BCUT2D eigenvalue weighted by molar-refractivity contribution is -0.182. The van der Waals surface area contributed by atoms with Gasteiger partial charge in [0.1, 0.15) is 0 Å². The van der Waals surface area contributed by atoms with Crippen LogP contribution in [0.2, 0.25) is 0 Å². The highest BCUT2D eigenvalue weighted by atomic mass is 16.5. The van der Waals surface area contributed by atoms with Crippen LogP contribution in [-0.2, 0) is 14.3 Å². The summed E-state index contributed by atoms with van der Waals surface area (Å²) >= 11 is 0. The largest absolute Gasteiger partial charge is 0.481 e. The van der Waals surface area contributed by atoms with Crippen molar-refractivity contribution in [2.75, 3.05) is 7.11 Å². The van der Waals surface area contributed by atoms with E-state index in [-0.39, 0.29) is 40.0 Å². The Labute approximate surface area is 220 Å². The fourth-order valence-electron chi connectivity index (χ4n) is 10.5. The molecule has 9 atom stereocenters. The van der Waals surface area contributed by atoms with Crippen molar-refractivity contribution in [2.45, 2.75) is 106 Å². The molecule has 0 amide bonds. The van der Waals surface area contributed by atoms with E-state index in [1.165, 1.54) is 38.4 Å². The molecule has 36 heavy (non-hydrogen) atoms. The van der Waals surface area contributed by atoms with E-state index >= 15 is 0 Å². The molecule has 0 spiro atoms. The number of ether oxygens (including phenoxy) is 1. The number of esters is 1. The molecule has 0 aromatic heterocycles. The molecule has 0 aromatic rings. The maximum Gasteiger partial charge on any atom is 0.309 e. The Balaban J connectivity index is 1.55. The van der Waals surface area contributed by atoms with Gasteiger partial charge in [-0.2, -0.15) is 0 Å². The van der Waals surface area contributed by atoms with Crippen LogP contribution in [0.4, 0.5) is 0 Å². The molecule has 0 aliphatic heterocycles. The van der Waals surface area contributed by atoms with Gasteiger partial charge in [0.05, 0.1) is 18.9 Å². The lowest BCUT2D eigenvalue weighted by atomic mass is 9.40. The summed E-state index contributed by atoms with van der Waals surface area (Å²) in [5.41, 5.74) is 1.53. The minimum atomic E-state index is -0.598. The maximum atomic E-state index is 12.6. The van der Waals surface area contributed by atoms with Gasteiger partial charge in [0, 0.05) is 0 Å². The molecule has 4 saturated carbocycles. The Morgan fingerprint density at radius 1 is 0.944 bits per heavy atom. The van der Waals surface area contributed by atoms with Crippen LogP contribution in [0, 0.1) is 63.6 Å². The first-order chi connectivity index (χ1) is 16.8. The predicted octanol–water partition coefficient (Wildman–Crippen LogP) is 7.76. The molecule has 0 heterocycles. The van der Waals surface area contributed by atoms with Gasteiger partial charge >= 0.3 is 11.9 Å². The molecule has 4 fully saturated rings. The van der Waals surface area contributed by atoms with E-state index in [0.717, 1.165) is 38.5 Å². The Morgan fingerprint density at radius 2 is 1.58 bits per heavy atom. The third kappa shape index (κ3) is 4.27. The monoisotopic (exact) mass is 500 g/mol. The molecule has 4 aliphatic rings. The number of methoxy groups -OCH3 is 1. The van der Waals surface area contributed by atoms with E-state index in [0.29, 0.717) is 29.6 Å². The van der Waals surface area contributed by atoms with Gasteiger partial charge in [0.2, 0.25) is 0 Å². The quantitative estimate of drug-likeness (QED) is 0.286. The molecule has 0 radical (unpaired) electrons. The Hall–Kier alpha value is -1.32. The Kier molecular flexibility index (Phi) is 7.52. The van der Waals surface area contributed by atoms with Crippen LogP contribution in [-0.4, -0.2) is 24.2 Å². The summed E-state index contributed by atoms with van der Waals surface area (Å²) in [6, 6.07) is 0. The van der Waals surface area contributed by atoms with Gasteiger partial charge < -0.3 is 9.84 Å². The smallest absolute Gasteiger partial charge is 0.309 e. The zero-order valence-corrected chi connectivity index (χ0v) is 24.1. The minimum Gasteiger partial charge on any atom is -0.481 e. The highest BCUT2D eigenvalue weighted by molar-refractivity contribution is 5.73. The van der Waals surface area contributed by atoms with E-state index in [4.69, 9.17) is 4.74 Å². The second-order valence-corrected chi connectivity index (χ2v) is 14.5. The van der Waals surface area contributed by atoms with Crippen LogP contribution >= 0.6 is 0 Å². The third-order valence-electron chi connectivity index (χ3n) is 12.6. The number of carbonyl (C=O) groups excluding carboxylic acids is 1. The molecule has 9 unspecified atom stereocenters. The van der Waals surface area contributed by atoms with Crippen molar-refractivity contribution in [3.05, 3.63) is 12.2 Å². The van der Waals surface area contributed by atoms with Crippen LogP contribution in [0.15, 0.2) is 12.2 Å². The van der Waals surface area contributed by atoms with E-state index in [1.807, 2.05) is 0 Å². The van der Waals surface area contributed by atoms with Crippen LogP contribution in [0.3, 0.4) is 0 Å². The van der Waals surface area contributed by atoms with Crippen LogP contribution in [0.5, 0.6) is 0 Å². The zero-order chi connectivity index (χ0) is 26.6. The molecular weight excluding hydrogens is 448 g/mol. The average molecular weight is 501 g/mol. The molecule has 4 nitrogen and oxygen atoms in total. The molecule has 0 saturated heterocycles. The maximum absolute atomic E-state index is 12.6. The SMILES string of the molecule is C=C(CCC(C(=O)O)C1CCC2C3CCC4C(C)(C)C(C(=O)OC)CCC4(C)C3CCC12C)C(C)C. The van der Waals surface area contributed by atoms with Crippen molar-refractivity contribution < 1.29 is 19.4 Å². The second-order valence-electron chi connectivity index (χ2n) is 14.5. The topological polar surface area (TPSA) is 63.6 Å². The first-order valence-corrected chi connectivity index (χ1v) is 14.8. The molecule has 0 aromatic carbocycles. The van der Waals surface area contributed by atoms with Crippen molar-refractivity contribution in [1.82, 2.24) is 0 Å². The fourth-order valence-corrected chi connectivity index (χ4v) is 10.5. The predicted molar refractivity (Wildman–Crippen MR) is 144 cm³/mol. The normalized spacial score (nSPS) is 42.1. The molecule has 1 N–H and O–H groups in total. The standard InChI is InChI=1S/C32H52O4/c1-19(2)20(3)9-10-22(28(33)34)24-13-12-23-21-11-14-27-30(4,5)26(29(35)36-8)16-18-32(27,7)25(21)15-17-31(23,24)6/h19,21-27H,3,9-18H2,1-2,4-8H3,(H,33,34). The summed E-state index contributed by atoms with van der Waals surface area (Å²) in [4.78, 5) is 25.2. The lowest BCUT2D eigenvalue weighted by Crippen LogP contribution is -2.59. The van der Waals surface area contributed by atoms with E-state index in [1.54, 1.807) is 0 Å². The molecule has 4 rings (SSSR count). The number of hydrogen-bond acceptors (Lipinski definition) is 3. The number of aliphatic carboxylic acids is 1. The third-order valence-corrected chi connectivity index (χ3v) is 12.6. The molecule has 204 valence electrons. The molecule has 4 heteroatoms. The van der Waals surface area contributed by atoms with Crippen molar-refractivity contribution >= 4 is 11.9 Å². The summed E-state index contributed by atoms with van der Waals surface area (Å²) in [6.07, 6.45) is 10.6. The first-order valence-electron chi connectivity index (χ1n) is 14.8. The highest BCUT2D eigenvalue weighted by Gasteiger charge is 2.64. The van der Waals surface area contributed by atoms with Gasteiger partial charge in [-0.25, -0.2) is 0 Å². The lowest BCUT2D eigenvalue weighted by Gasteiger charge is -2.65. The van der Waals surface area contributed by atoms with Gasteiger partial charge in [-0.15, -0.1) is 0 Å². The number of carboxylic acids is 1.